The quantitative estimate of drug-likeness (QED) is 0.677. The van der Waals surface area contributed by atoms with E-state index in [1.54, 1.807) is 0 Å². The summed E-state index contributed by atoms with van der Waals surface area (Å²) in [5.74, 6) is 0.748. The van der Waals surface area contributed by atoms with Crippen molar-refractivity contribution in [1.29, 1.82) is 0 Å². The first-order chi connectivity index (χ1) is 9.60. The minimum Gasteiger partial charge on any atom is -0.121 e. The van der Waals surface area contributed by atoms with E-state index in [9.17, 15) is 0 Å². The van der Waals surface area contributed by atoms with Gasteiger partial charge in [-0.1, -0.05) is 66.1 Å². The molecule has 0 spiro atoms. The van der Waals surface area contributed by atoms with Crippen LogP contribution in [0.5, 0.6) is 0 Å². The van der Waals surface area contributed by atoms with Crippen molar-refractivity contribution in [3.8, 4) is 0 Å². The first kappa shape index (κ1) is 13.8. The second kappa shape index (κ2) is 5.34. The van der Waals surface area contributed by atoms with Gasteiger partial charge in [0.15, 0.2) is 0 Å². The lowest BCUT2D eigenvalue weighted by atomic mass is 9.69. The third kappa shape index (κ3) is 2.31. The van der Waals surface area contributed by atoms with Crippen LogP contribution in [0.4, 0.5) is 0 Å². The van der Waals surface area contributed by atoms with Crippen LogP contribution in [0, 0.1) is 19.8 Å². The molecule has 104 valence electrons. The number of rotatable bonds is 3. The van der Waals surface area contributed by atoms with Gasteiger partial charge < -0.3 is 0 Å². The SMILES string of the molecule is Cc1ccc(C(P)(c2ccc(C)cc2)C2CCC2)cc1. The summed E-state index contributed by atoms with van der Waals surface area (Å²) in [6.45, 7) is 4.31. The van der Waals surface area contributed by atoms with E-state index in [2.05, 4.69) is 71.6 Å². The number of aryl methyl sites for hydroxylation is 2. The lowest BCUT2D eigenvalue weighted by molar-refractivity contribution is 0.262. The summed E-state index contributed by atoms with van der Waals surface area (Å²) in [6.07, 6.45) is 4.05. The Morgan fingerprint density at radius 2 is 1.20 bits per heavy atom. The van der Waals surface area contributed by atoms with Gasteiger partial charge in [0.05, 0.1) is 0 Å². The van der Waals surface area contributed by atoms with Gasteiger partial charge >= 0.3 is 0 Å². The fraction of sp³-hybridized carbons (Fsp3) is 0.368. The maximum Gasteiger partial charge on any atom is 0.0372 e. The molecule has 0 saturated heterocycles. The molecule has 2 aromatic carbocycles. The van der Waals surface area contributed by atoms with Crippen LogP contribution >= 0.6 is 9.24 Å². The molecule has 0 bridgehead atoms. The predicted octanol–water partition coefficient (Wildman–Crippen LogP) is 5.22. The molecule has 0 aromatic heterocycles. The van der Waals surface area contributed by atoms with Crippen LogP contribution in [0.1, 0.15) is 41.5 Å². The van der Waals surface area contributed by atoms with Gasteiger partial charge in [0.1, 0.15) is 0 Å². The van der Waals surface area contributed by atoms with E-state index in [0.29, 0.717) is 0 Å². The van der Waals surface area contributed by atoms with Crippen LogP contribution in [0.15, 0.2) is 48.5 Å². The predicted molar refractivity (Wildman–Crippen MR) is 90.2 cm³/mol. The Balaban J connectivity index is 2.08. The van der Waals surface area contributed by atoms with Crippen LogP contribution in [0.2, 0.25) is 0 Å². The van der Waals surface area contributed by atoms with Crippen LogP contribution in [0.3, 0.4) is 0 Å². The third-order valence-corrected chi connectivity index (χ3v) is 5.95. The molecule has 3 rings (SSSR count). The van der Waals surface area contributed by atoms with E-state index in [4.69, 9.17) is 0 Å². The first-order valence-electron chi connectivity index (χ1n) is 7.54. The second-order valence-corrected chi connectivity index (χ2v) is 7.14. The highest BCUT2D eigenvalue weighted by atomic mass is 31.0. The maximum absolute atomic E-state index is 3.19. The van der Waals surface area contributed by atoms with Crippen molar-refractivity contribution in [2.45, 2.75) is 38.3 Å². The Morgan fingerprint density at radius 1 is 0.800 bits per heavy atom. The molecule has 0 aliphatic heterocycles. The Hall–Kier alpha value is -1.13. The molecule has 1 fully saturated rings. The van der Waals surface area contributed by atoms with Crippen molar-refractivity contribution in [1.82, 2.24) is 0 Å². The van der Waals surface area contributed by atoms with Gasteiger partial charge in [-0.05, 0) is 43.7 Å². The summed E-state index contributed by atoms with van der Waals surface area (Å²) in [5.41, 5.74) is 5.53. The molecule has 0 N–H and O–H groups in total. The van der Waals surface area contributed by atoms with Crippen LogP contribution in [-0.4, -0.2) is 0 Å². The van der Waals surface area contributed by atoms with Gasteiger partial charge in [0, 0.05) is 5.16 Å². The highest BCUT2D eigenvalue weighted by Gasteiger charge is 2.40. The highest BCUT2D eigenvalue weighted by molar-refractivity contribution is 7.19. The van der Waals surface area contributed by atoms with E-state index in [0.717, 1.165) is 5.92 Å². The molecule has 0 nitrogen and oxygen atoms in total. The average molecular weight is 282 g/mol. The molecule has 1 unspecified atom stereocenters. The molecule has 1 heteroatoms. The zero-order valence-electron chi connectivity index (χ0n) is 12.4. The fourth-order valence-electron chi connectivity index (χ4n) is 3.16. The zero-order chi connectivity index (χ0) is 14.2. The van der Waals surface area contributed by atoms with Crippen LogP contribution in [-0.2, 0) is 5.16 Å². The molecule has 20 heavy (non-hydrogen) atoms. The Kier molecular flexibility index (Phi) is 3.69. The third-order valence-electron chi connectivity index (χ3n) is 4.81. The standard InChI is InChI=1S/C19H23P/c1-14-6-10-17(11-7-14)19(20,16-4-3-5-16)18-12-8-15(2)9-13-18/h6-13,16H,3-5,20H2,1-2H3. The van der Waals surface area contributed by atoms with Crippen LogP contribution in [0.25, 0.3) is 0 Å². The molecular weight excluding hydrogens is 259 g/mol. The monoisotopic (exact) mass is 282 g/mol. The second-order valence-electron chi connectivity index (χ2n) is 6.23. The summed E-state index contributed by atoms with van der Waals surface area (Å²) >= 11 is 0. The van der Waals surface area contributed by atoms with Crippen molar-refractivity contribution >= 4 is 9.24 Å². The Labute approximate surface area is 124 Å². The minimum atomic E-state index is 0.0830. The minimum absolute atomic E-state index is 0.0830. The lowest BCUT2D eigenvalue weighted by Gasteiger charge is -2.44. The molecule has 1 saturated carbocycles. The molecule has 1 aliphatic rings. The molecule has 1 atom stereocenters. The summed E-state index contributed by atoms with van der Waals surface area (Å²) in [4.78, 5) is 0. The van der Waals surface area contributed by atoms with Crippen molar-refractivity contribution < 1.29 is 0 Å². The summed E-state index contributed by atoms with van der Waals surface area (Å²) in [5, 5.41) is 0.0830. The van der Waals surface area contributed by atoms with Crippen molar-refractivity contribution in [3.63, 3.8) is 0 Å². The molecule has 1 aliphatic carbocycles. The largest absolute Gasteiger partial charge is 0.121 e. The van der Waals surface area contributed by atoms with E-state index in [1.807, 2.05) is 0 Å². The first-order valence-corrected chi connectivity index (χ1v) is 8.11. The van der Waals surface area contributed by atoms with Gasteiger partial charge in [-0.3, -0.25) is 0 Å². The van der Waals surface area contributed by atoms with E-state index >= 15 is 0 Å². The Bertz CT molecular complexity index is 531. The number of hydrogen-bond donors (Lipinski definition) is 0. The van der Waals surface area contributed by atoms with Gasteiger partial charge in [-0.15, -0.1) is 9.24 Å². The van der Waals surface area contributed by atoms with Crippen molar-refractivity contribution in [2.75, 3.05) is 0 Å². The molecule has 0 radical (unpaired) electrons. The van der Waals surface area contributed by atoms with Crippen LogP contribution < -0.4 is 0 Å². The van der Waals surface area contributed by atoms with E-state index in [1.165, 1.54) is 41.5 Å². The highest BCUT2D eigenvalue weighted by Crippen LogP contribution is 2.52. The van der Waals surface area contributed by atoms with Gasteiger partial charge in [-0.2, -0.15) is 0 Å². The topological polar surface area (TPSA) is 0 Å². The maximum atomic E-state index is 3.19. The summed E-state index contributed by atoms with van der Waals surface area (Å²) < 4.78 is 0. The van der Waals surface area contributed by atoms with Gasteiger partial charge in [-0.25, -0.2) is 0 Å². The summed E-state index contributed by atoms with van der Waals surface area (Å²) in [7, 11) is 3.19. The normalized spacial score (nSPS) is 15.9. The number of benzene rings is 2. The summed E-state index contributed by atoms with van der Waals surface area (Å²) in [6, 6.07) is 18.2. The smallest absolute Gasteiger partial charge is 0.0372 e. The average Bonchev–Trinajstić information content (AvgIpc) is 2.38. The lowest BCUT2D eigenvalue weighted by Crippen LogP contribution is -2.34. The number of hydrogen-bond acceptors (Lipinski definition) is 0. The zero-order valence-corrected chi connectivity index (χ0v) is 13.5. The molecular formula is C19H23P. The fourth-order valence-corrected chi connectivity index (χ4v) is 3.88. The molecule has 2 aromatic rings. The Morgan fingerprint density at radius 3 is 1.50 bits per heavy atom. The van der Waals surface area contributed by atoms with Gasteiger partial charge in [0.2, 0.25) is 0 Å². The van der Waals surface area contributed by atoms with E-state index in [-0.39, 0.29) is 5.16 Å². The molecule has 0 amide bonds. The van der Waals surface area contributed by atoms with Crippen molar-refractivity contribution in [3.05, 3.63) is 70.8 Å². The van der Waals surface area contributed by atoms with Crippen molar-refractivity contribution in [2.24, 2.45) is 5.92 Å². The molecule has 0 heterocycles. The van der Waals surface area contributed by atoms with E-state index < -0.39 is 0 Å². The van der Waals surface area contributed by atoms with Gasteiger partial charge in [0.25, 0.3) is 0 Å².